The maximum atomic E-state index is 8.49. The van der Waals surface area contributed by atoms with Gasteiger partial charge in [-0.2, -0.15) is 0 Å². The second kappa shape index (κ2) is 13.6. The second-order valence-corrected chi connectivity index (χ2v) is 4.14. The Morgan fingerprint density at radius 1 is 0.762 bits per heavy atom. The van der Waals surface area contributed by atoms with Gasteiger partial charge in [-0.25, -0.2) is 0 Å². The van der Waals surface area contributed by atoms with Crippen LogP contribution in [0.5, 0.6) is 0 Å². The van der Waals surface area contributed by atoms with Crippen LogP contribution in [0, 0.1) is 0 Å². The van der Waals surface area contributed by atoms with Gasteiger partial charge in [0.25, 0.3) is 0 Å². The minimum atomic E-state index is 0.0435. The summed E-state index contributed by atoms with van der Waals surface area (Å²) in [5.41, 5.74) is 1.11. The predicted molar refractivity (Wildman–Crippen MR) is 81.0 cm³/mol. The largest absolute Gasteiger partial charge is 0.499 e. The van der Waals surface area contributed by atoms with Crippen LogP contribution in [0.1, 0.15) is 5.56 Å². The summed E-state index contributed by atoms with van der Waals surface area (Å²) in [6, 6.07) is 9.97. The third kappa shape index (κ3) is 11.0. The van der Waals surface area contributed by atoms with Crippen LogP contribution < -0.4 is 0 Å². The molecule has 0 aromatic heterocycles. The molecule has 0 fully saturated rings. The van der Waals surface area contributed by atoms with E-state index in [1.807, 2.05) is 36.4 Å². The van der Waals surface area contributed by atoms with E-state index in [1.54, 1.807) is 6.26 Å². The number of ether oxygens (including phenoxy) is 4. The van der Waals surface area contributed by atoms with Gasteiger partial charge < -0.3 is 24.1 Å². The number of hydrogen-bond acceptors (Lipinski definition) is 5. The van der Waals surface area contributed by atoms with Gasteiger partial charge in [0.2, 0.25) is 0 Å². The van der Waals surface area contributed by atoms with E-state index in [0.717, 1.165) is 5.56 Å². The average molecular weight is 296 g/mol. The fourth-order valence-electron chi connectivity index (χ4n) is 1.47. The summed E-state index contributed by atoms with van der Waals surface area (Å²) in [5.74, 6) is 0. The highest BCUT2D eigenvalue weighted by Gasteiger charge is 1.91. The third-order valence-corrected chi connectivity index (χ3v) is 2.48. The number of hydrogen-bond donors (Lipinski definition) is 1. The van der Waals surface area contributed by atoms with Crippen molar-refractivity contribution >= 4 is 6.08 Å². The Hall–Kier alpha value is -1.40. The van der Waals surface area contributed by atoms with Crippen LogP contribution >= 0.6 is 0 Å². The Balaban J connectivity index is 1.82. The Morgan fingerprint density at radius 3 is 1.95 bits per heavy atom. The maximum absolute atomic E-state index is 8.49. The predicted octanol–water partition coefficient (Wildman–Crippen LogP) is 1.72. The number of rotatable bonds is 13. The molecule has 1 rings (SSSR count). The van der Waals surface area contributed by atoms with Gasteiger partial charge in [0.15, 0.2) is 0 Å². The van der Waals surface area contributed by atoms with Gasteiger partial charge >= 0.3 is 0 Å². The molecule has 0 aliphatic heterocycles. The highest BCUT2D eigenvalue weighted by atomic mass is 16.6. The van der Waals surface area contributed by atoms with E-state index in [-0.39, 0.29) is 6.61 Å². The summed E-state index contributed by atoms with van der Waals surface area (Å²) < 4.78 is 21.0. The van der Waals surface area contributed by atoms with Gasteiger partial charge in [-0.1, -0.05) is 30.3 Å². The molecule has 5 heteroatoms. The molecule has 0 atom stereocenters. The molecule has 0 heterocycles. The van der Waals surface area contributed by atoms with E-state index in [4.69, 9.17) is 24.1 Å². The molecule has 0 radical (unpaired) electrons. The summed E-state index contributed by atoms with van der Waals surface area (Å²) in [7, 11) is 0. The topological polar surface area (TPSA) is 57.2 Å². The van der Waals surface area contributed by atoms with Gasteiger partial charge in [0, 0.05) is 0 Å². The molecule has 118 valence electrons. The molecule has 0 spiro atoms. The molecular weight excluding hydrogens is 272 g/mol. The quantitative estimate of drug-likeness (QED) is 0.444. The van der Waals surface area contributed by atoms with Crippen LogP contribution in [-0.2, 0) is 18.9 Å². The van der Waals surface area contributed by atoms with Crippen molar-refractivity contribution < 1.29 is 24.1 Å². The first-order valence-corrected chi connectivity index (χ1v) is 7.11. The van der Waals surface area contributed by atoms with Crippen molar-refractivity contribution in [3.8, 4) is 0 Å². The molecule has 21 heavy (non-hydrogen) atoms. The van der Waals surface area contributed by atoms with Crippen LogP contribution in [0.3, 0.4) is 0 Å². The molecule has 1 aromatic carbocycles. The summed E-state index contributed by atoms with van der Waals surface area (Å²) in [6.45, 7) is 3.52. The Morgan fingerprint density at radius 2 is 1.33 bits per heavy atom. The fraction of sp³-hybridized carbons (Fsp3) is 0.500. The van der Waals surface area contributed by atoms with E-state index >= 15 is 0 Å². The van der Waals surface area contributed by atoms with Crippen molar-refractivity contribution in [2.75, 3.05) is 52.9 Å². The van der Waals surface area contributed by atoms with Crippen LogP contribution in [0.2, 0.25) is 0 Å². The lowest BCUT2D eigenvalue weighted by molar-refractivity contribution is 0.00143. The lowest BCUT2D eigenvalue weighted by atomic mass is 10.2. The summed E-state index contributed by atoms with van der Waals surface area (Å²) in [4.78, 5) is 0. The SMILES string of the molecule is OCCOCCOCCOCCOC=Cc1ccccc1. The maximum Gasteiger partial charge on any atom is 0.111 e. The first-order chi connectivity index (χ1) is 10.4. The first-order valence-electron chi connectivity index (χ1n) is 7.11. The summed E-state index contributed by atoms with van der Waals surface area (Å²) >= 11 is 0. The van der Waals surface area contributed by atoms with Crippen molar-refractivity contribution in [1.82, 2.24) is 0 Å². The Bertz CT molecular complexity index is 353. The molecule has 1 aromatic rings. The highest BCUT2D eigenvalue weighted by Crippen LogP contribution is 2.00. The molecule has 0 saturated carbocycles. The standard InChI is InChI=1S/C16H24O5/c17-7-9-19-11-13-21-15-14-20-12-10-18-8-6-16-4-2-1-3-5-16/h1-6,8,17H,7,9-15H2. The van der Waals surface area contributed by atoms with Gasteiger partial charge in [-0.15, -0.1) is 0 Å². The number of aliphatic hydroxyl groups is 1. The zero-order valence-corrected chi connectivity index (χ0v) is 12.3. The normalized spacial score (nSPS) is 11.1. The molecule has 0 aliphatic carbocycles. The van der Waals surface area contributed by atoms with Gasteiger partial charge in [-0.05, 0) is 11.6 Å². The first kappa shape index (κ1) is 17.7. The van der Waals surface area contributed by atoms with E-state index < -0.39 is 0 Å². The highest BCUT2D eigenvalue weighted by molar-refractivity contribution is 5.47. The Labute approximate surface area is 126 Å². The Kier molecular flexibility index (Phi) is 11.4. The lowest BCUT2D eigenvalue weighted by Crippen LogP contribution is -2.12. The number of benzene rings is 1. The summed E-state index contributed by atoms with van der Waals surface area (Å²) in [6.07, 6.45) is 3.59. The molecule has 0 unspecified atom stereocenters. The minimum Gasteiger partial charge on any atom is -0.499 e. The van der Waals surface area contributed by atoms with Gasteiger partial charge in [-0.3, -0.25) is 0 Å². The number of aliphatic hydroxyl groups excluding tert-OH is 1. The zero-order chi connectivity index (χ0) is 15.0. The van der Waals surface area contributed by atoms with Gasteiger partial charge in [0.05, 0.1) is 52.5 Å². The van der Waals surface area contributed by atoms with E-state index in [9.17, 15) is 0 Å². The third-order valence-electron chi connectivity index (χ3n) is 2.48. The molecular formula is C16H24O5. The van der Waals surface area contributed by atoms with Crippen molar-refractivity contribution in [3.63, 3.8) is 0 Å². The molecule has 5 nitrogen and oxygen atoms in total. The van der Waals surface area contributed by atoms with Crippen LogP contribution in [0.15, 0.2) is 36.6 Å². The van der Waals surface area contributed by atoms with Crippen LogP contribution in [-0.4, -0.2) is 58.0 Å². The second-order valence-electron chi connectivity index (χ2n) is 4.14. The van der Waals surface area contributed by atoms with Crippen molar-refractivity contribution in [2.45, 2.75) is 0 Å². The molecule has 0 amide bonds. The zero-order valence-electron chi connectivity index (χ0n) is 12.3. The smallest absolute Gasteiger partial charge is 0.111 e. The van der Waals surface area contributed by atoms with E-state index in [2.05, 4.69) is 0 Å². The molecule has 0 saturated heterocycles. The van der Waals surface area contributed by atoms with Crippen molar-refractivity contribution in [3.05, 3.63) is 42.2 Å². The van der Waals surface area contributed by atoms with Crippen LogP contribution in [0.4, 0.5) is 0 Å². The van der Waals surface area contributed by atoms with Gasteiger partial charge in [0.1, 0.15) is 6.61 Å². The van der Waals surface area contributed by atoms with E-state index in [0.29, 0.717) is 46.2 Å². The monoisotopic (exact) mass is 296 g/mol. The molecule has 1 N–H and O–H groups in total. The summed E-state index contributed by atoms with van der Waals surface area (Å²) in [5, 5.41) is 8.49. The van der Waals surface area contributed by atoms with Crippen LogP contribution in [0.25, 0.3) is 6.08 Å². The van der Waals surface area contributed by atoms with Crippen molar-refractivity contribution in [1.29, 1.82) is 0 Å². The molecule has 0 bridgehead atoms. The lowest BCUT2D eigenvalue weighted by Gasteiger charge is -2.06. The molecule has 0 aliphatic rings. The van der Waals surface area contributed by atoms with Crippen molar-refractivity contribution in [2.24, 2.45) is 0 Å². The minimum absolute atomic E-state index is 0.0435. The fourth-order valence-corrected chi connectivity index (χ4v) is 1.47. The average Bonchev–Trinajstić information content (AvgIpc) is 2.53. The van der Waals surface area contributed by atoms with E-state index in [1.165, 1.54) is 0 Å².